The topological polar surface area (TPSA) is 24.9 Å². The summed E-state index contributed by atoms with van der Waals surface area (Å²) in [5, 5.41) is 2.82. The zero-order valence-corrected chi connectivity index (χ0v) is 12.7. The van der Waals surface area contributed by atoms with Gasteiger partial charge >= 0.3 is 6.18 Å². The van der Waals surface area contributed by atoms with Crippen LogP contribution in [0.4, 0.5) is 19.0 Å². The molecule has 1 aliphatic rings. The molecular weight excluding hydrogens is 333 g/mol. The molecule has 0 radical (unpaired) electrons. The second-order valence-corrected chi connectivity index (χ2v) is 6.18. The molecule has 1 aliphatic carbocycles. The number of pyridine rings is 1. The van der Waals surface area contributed by atoms with Crippen LogP contribution in [0.3, 0.4) is 0 Å². The Labute approximate surface area is 125 Å². The summed E-state index contributed by atoms with van der Waals surface area (Å²) in [6.07, 6.45) is 4.10. The molecule has 0 atom stereocenters. The summed E-state index contributed by atoms with van der Waals surface area (Å²) in [5.41, 5.74) is -0.715. The summed E-state index contributed by atoms with van der Waals surface area (Å²) in [5.74, 6) is 0.684. The van der Waals surface area contributed by atoms with Gasteiger partial charge in [0.1, 0.15) is 5.82 Å². The maximum absolute atomic E-state index is 12.9. The van der Waals surface area contributed by atoms with E-state index in [9.17, 15) is 13.2 Å². The third-order valence-corrected chi connectivity index (χ3v) is 4.15. The normalized spacial score (nSPS) is 16.6. The molecule has 0 saturated heterocycles. The van der Waals surface area contributed by atoms with E-state index in [2.05, 4.69) is 26.2 Å². The van der Waals surface area contributed by atoms with Crippen molar-refractivity contribution >= 4 is 21.7 Å². The lowest BCUT2D eigenvalue weighted by Gasteiger charge is -2.14. The average molecular weight is 351 g/mol. The summed E-state index contributed by atoms with van der Waals surface area (Å²) < 4.78 is 39.0. The lowest BCUT2D eigenvalue weighted by molar-refractivity contribution is -0.137. The number of halogens is 4. The largest absolute Gasteiger partial charge is 0.419 e. The van der Waals surface area contributed by atoms with Crippen LogP contribution in [0.1, 0.15) is 44.1 Å². The molecule has 112 valence electrons. The number of hydrogen-bond donors (Lipinski definition) is 1. The summed E-state index contributed by atoms with van der Waals surface area (Å²) in [6, 6.07) is 1.06. The molecule has 0 amide bonds. The van der Waals surface area contributed by atoms with Crippen molar-refractivity contribution in [2.75, 3.05) is 11.9 Å². The number of nitrogens with one attached hydrogen (secondary N) is 1. The molecule has 2 rings (SSSR count). The molecule has 1 heterocycles. The van der Waals surface area contributed by atoms with E-state index in [4.69, 9.17) is 0 Å². The molecule has 1 aromatic rings. The summed E-state index contributed by atoms with van der Waals surface area (Å²) in [4.78, 5) is 3.84. The summed E-state index contributed by atoms with van der Waals surface area (Å²) in [6.45, 7) is 0.536. The molecule has 1 N–H and O–H groups in total. The molecule has 2 nitrogen and oxygen atoms in total. The first-order chi connectivity index (χ1) is 9.47. The van der Waals surface area contributed by atoms with Gasteiger partial charge < -0.3 is 5.32 Å². The quantitative estimate of drug-likeness (QED) is 0.734. The molecule has 1 aromatic heterocycles. The Balaban J connectivity index is 1.88. The zero-order chi connectivity index (χ0) is 14.6. The zero-order valence-electron chi connectivity index (χ0n) is 11.1. The first kappa shape index (κ1) is 15.6. The molecule has 0 aliphatic heterocycles. The fourth-order valence-electron chi connectivity index (χ4n) is 2.69. The van der Waals surface area contributed by atoms with Crippen molar-refractivity contribution in [3.05, 3.63) is 22.3 Å². The molecule has 6 heteroatoms. The highest BCUT2D eigenvalue weighted by Crippen LogP contribution is 2.35. The number of anilines is 1. The number of alkyl halides is 3. The van der Waals surface area contributed by atoms with E-state index in [1.54, 1.807) is 0 Å². The Hall–Kier alpha value is -0.780. The minimum absolute atomic E-state index is 0.0767. The van der Waals surface area contributed by atoms with Gasteiger partial charge in [0.15, 0.2) is 0 Å². The lowest BCUT2D eigenvalue weighted by Crippen LogP contribution is -2.13. The fourth-order valence-corrected chi connectivity index (χ4v) is 3.02. The van der Waals surface area contributed by atoms with Gasteiger partial charge in [-0.25, -0.2) is 4.98 Å². The third-order valence-electron chi connectivity index (χ3n) is 3.72. The Morgan fingerprint density at radius 2 is 2.00 bits per heavy atom. The number of hydrogen-bond acceptors (Lipinski definition) is 2. The van der Waals surface area contributed by atoms with Crippen molar-refractivity contribution in [3.8, 4) is 0 Å². The van der Waals surface area contributed by atoms with Crippen LogP contribution in [-0.2, 0) is 6.18 Å². The molecule has 0 bridgehead atoms. The predicted octanol–water partition coefficient (Wildman–Crippen LogP) is 5.25. The minimum atomic E-state index is -4.38. The van der Waals surface area contributed by atoms with Gasteiger partial charge in [0, 0.05) is 17.2 Å². The van der Waals surface area contributed by atoms with Crippen molar-refractivity contribution < 1.29 is 13.2 Å². The van der Waals surface area contributed by atoms with Gasteiger partial charge in [0.05, 0.1) is 5.56 Å². The van der Waals surface area contributed by atoms with E-state index in [0.29, 0.717) is 11.0 Å². The van der Waals surface area contributed by atoms with E-state index < -0.39 is 11.7 Å². The van der Waals surface area contributed by atoms with E-state index in [0.717, 1.165) is 24.8 Å². The van der Waals surface area contributed by atoms with Crippen LogP contribution < -0.4 is 5.32 Å². The van der Waals surface area contributed by atoms with Gasteiger partial charge in [-0.2, -0.15) is 13.2 Å². The van der Waals surface area contributed by atoms with Crippen molar-refractivity contribution in [3.63, 3.8) is 0 Å². The van der Waals surface area contributed by atoms with Crippen molar-refractivity contribution in [1.29, 1.82) is 0 Å². The Morgan fingerprint density at radius 3 is 2.65 bits per heavy atom. The highest BCUT2D eigenvalue weighted by molar-refractivity contribution is 9.10. The Kier molecular flexibility index (Phi) is 5.29. The molecular formula is C14H18BrF3N2. The van der Waals surface area contributed by atoms with Crippen LogP contribution in [0.15, 0.2) is 16.7 Å². The molecule has 1 fully saturated rings. The van der Waals surface area contributed by atoms with Gasteiger partial charge in [-0.05, 0) is 40.8 Å². The highest BCUT2D eigenvalue weighted by Gasteiger charge is 2.34. The summed E-state index contributed by atoms with van der Waals surface area (Å²) in [7, 11) is 0. The molecule has 0 aromatic carbocycles. The molecule has 1 saturated carbocycles. The summed E-state index contributed by atoms with van der Waals surface area (Å²) >= 11 is 3.03. The van der Waals surface area contributed by atoms with Gasteiger partial charge in [-0.15, -0.1) is 0 Å². The Bertz CT molecular complexity index is 443. The van der Waals surface area contributed by atoms with E-state index in [-0.39, 0.29) is 5.82 Å². The second-order valence-electron chi connectivity index (χ2n) is 5.27. The first-order valence-corrected chi connectivity index (χ1v) is 7.73. The molecule has 0 spiro atoms. The van der Waals surface area contributed by atoms with Crippen LogP contribution in [0, 0.1) is 5.92 Å². The second kappa shape index (κ2) is 6.78. The molecule has 20 heavy (non-hydrogen) atoms. The SMILES string of the molecule is FC(F)(F)c1cc(Br)cnc1NCCCC1CCCC1. The van der Waals surface area contributed by atoms with Crippen LogP contribution in [0.5, 0.6) is 0 Å². The standard InChI is InChI=1S/C14H18BrF3N2/c15-11-8-12(14(16,17)18)13(20-9-11)19-7-3-6-10-4-1-2-5-10/h8-10H,1-7H2,(H,19,20). The van der Waals surface area contributed by atoms with E-state index in [1.807, 2.05) is 0 Å². The van der Waals surface area contributed by atoms with Crippen molar-refractivity contribution in [2.45, 2.75) is 44.7 Å². The molecule has 0 unspecified atom stereocenters. The van der Waals surface area contributed by atoms with Crippen molar-refractivity contribution in [2.24, 2.45) is 5.92 Å². The predicted molar refractivity (Wildman–Crippen MR) is 76.6 cm³/mol. The maximum Gasteiger partial charge on any atom is 0.419 e. The van der Waals surface area contributed by atoms with Crippen LogP contribution in [0.25, 0.3) is 0 Å². The highest BCUT2D eigenvalue weighted by atomic mass is 79.9. The lowest BCUT2D eigenvalue weighted by atomic mass is 10.0. The minimum Gasteiger partial charge on any atom is -0.370 e. The monoisotopic (exact) mass is 350 g/mol. The van der Waals surface area contributed by atoms with Crippen LogP contribution in [0.2, 0.25) is 0 Å². The maximum atomic E-state index is 12.9. The van der Waals surface area contributed by atoms with E-state index in [1.165, 1.54) is 31.9 Å². The number of nitrogens with zero attached hydrogens (tertiary/aromatic N) is 1. The van der Waals surface area contributed by atoms with Gasteiger partial charge in [-0.3, -0.25) is 0 Å². The van der Waals surface area contributed by atoms with Gasteiger partial charge in [0.25, 0.3) is 0 Å². The van der Waals surface area contributed by atoms with Gasteiger partial charge in [-0.1, -0.05) is 25.7 Å². The number of aromatic nitrogens is 1. The smallest absolute Gasteiger partial charge is 0.370 e. The average Bonchev–Trinajstić information content (AvgIpc) is 2.88. The Morgan fingerprint density at radius 1 is 1.30 bits per heavy atom. The van der Waals surface area contributed by atoms with Crippen LogP contribution in [-0.4, -0.2) is 11.5 Å². The van der Waals surface area contributed by atoms with E-state index >= 15 is 0 Å². The van der Waals surface area contributed by atoms with Crippen molar-refractivity contribution in [1.82, 2.24) is 4.98 Å². The fraction of sp³-hybridized carbons (Fsp3) is 0.643. The first-order valence-electron chi connectivity index (χ1n) is 6.93. The van der Waals surface area contributed by atoms with Crippen LogP contribution >= 0.6 is 15.9 Å². The number of rotatable bonds is 5. The third kappa shape index (κ3) is 4.36. The van der Waals surface area contributed by atoms with Gasteiger partial charge in [0.2, 0.25) is 0 Å².